The fourth-order valence-corrected chi connectivity index (χ4v) is 3.51. The van der Waals surface area contributed by atoms with Crippen LogP contribution in [0.3, 0.4) is 0 Å². The van der Waals surface area contributed by atoms with Crippen molar-refractivity contribution in [3.05, 3.63) is 53.5 Å². The van der Waals surface area contributed by atoms with Gasteiger partial charge in [-0.2, -0.15) is 10.2 Å². The first-order valence-corrected chi connectivity index (χ1v) is 9.43. The van der Waals surface area contributed by atoms with Crippen LogP contribution < -0.4 is 4.90 Å². The SMILES string of the molecule is CCCc1cc(N2CCN(C(=O)c3cccc(C#N)c3)CC2)nc2nncn12. The molecule has 0 radical (unpaired) electrons. The first-order valence-electron chi connectivity index (χ1n) is 9.43. The molecule has 0 N–H and O–H groups in total. The number of aromatic nitrogens is 4. The van der Waals surface area contributed by atoms with Crippen molar-refractivity contribution in [2.24, 2.45) is 0 Å². The number of nitriles is 1. The van der Waals surface area contributed by atoms with E-state index in [1.54, 1.807) is 30.6 Å². The van der Waals surface area contributed by atoms with Crippen LogP contribution in [-0.4, -0.2) is 56.6 Å². The van der Waals surface area contributed by atoms with Crippen LogP contribution in [0, 0.1) is 11.3 Å². The van der Waals surface area contributed by atoms with E-state index in [-0.39, 0.29) is 5.91 Å². The summed E-state index contributed by atoms with van der Waals surface area (Å²) in [5, 5.41) is 17.1. The lowest BCUT2D eigenvalue weighted by Crippen LogP contribution is -2.49. The molecule has 3 heterocycles. The molecule has 0 aliphatic carbocycles. The summed E-state index contributed by atoms with van der Waals surface area (Å²) in [5.41, 5.74) is 2.19. The molecule has 142 valence electrons. The van der Waals surface area contributed by atoms with Gasteiger partial charge < -0.3 is 9.80 Å². The number of fused-ring (bicyclic) bond motifs is 1. The molecule has 0 spiro atoms. The number of benzene rings is 1. The minimum atomic E-state index is -0.0377. The van der Waals surface area contributed by atoms with Gasteiger partial charge in [-0.05, 0) is 24.6 Å². The number of hydrogen-bond acceptors (Lipinski definition) is 6. The highest BCUT2D eigenvalue weighted by atomic mass is 16.2. The number of carbonyl (C=O) groups is 1. The molecule has 1 amide bonds. The zero-order valence-electron chi connectivity index (χ0n) is 15.7. The number of rotatable bonds is 4. The molecule has 1 saturated heterocycles. The second-order valence-corrected chi connectivity index (χ2v) is 6.83. The topological polar surface area (TPSA) is 90.4 Å². The van der Waals surface area contributed by atoms with Gasteiger partial charge in [0.05, 0.1) is 11.6 Å². The molecule has 0 saturated carbocycles. The summed E-state index contributed by atoms with van der Waals surface area (Å²) >= 11 is 0. The third-order valence-corrected chi connectivity index (χ3v) is 4.99. The molecular weight excluding hydrogens is 354 g/mol. The van der Waals surface area contributed by atoms with E-state index in [4.69, 9.17) is 5.26 Å². The highest BCUT2D eigenvalue weighted by Gasteiger charge is 2.24. The van der Waals surface area contributed by atoms with Crippen LogP contribution in [0.4, 0.5) is 5.82 Å². The lowest BCUT2D eigenvalue weighted by molar-refractivity contribution is 0.0746. The van der Waals surface area contributed by atoms with E-state index < -0.39 is 0 Å². The number of carbonyl (C=O) groups excluding carboxylic acids is 1. The summed E-state index contributed by atoms with van der Waals surface area (Å²) in [6, 6.07) is 11.0. The van der Waals surface area contributed by atoms with Crippen molar-refractivity contribution in [2.75, 3.05) is 31.1 Å². The van der Waals surface area contributed by atoms with Crippen molar-refractivity contribution in [3.63, 3.8) is 0 Å². The molecule has 2 aromatic heterocycles. The minimum Gasteiger partial charge on any atom is -0.353 e. The molecule has 1 aromatic carbocycles. The Morgan fingerprint density at radius 3 is 2.79 bits per heavy atom. The quantitative estimate of drug-likeness (QED) is 0.692. The Balaban J connectivity index is 1.49. The summed E-state index contributed by atoms with van der Waals surface area (Å²) in [5.74, 6) is 1.44. The highest BCUT2D eigenvalue weighted by Crippen LogP contribution is 2.19. The van der Waals surface area contributed by atoms with Crippen LogP contribution in [0.5, 0.6) is 0 Å². The van der Waals surface area contributed by atoms with E-state index in [1.165, 1.54) is 0 Å². The third kappa shape index (κ3) is 3.39. The monoisotopic (exact) mass is 375 g/mol. The second kappa shape index (κ2) is 7.64. The smallest absolute Gasteiger partial charge is 0.256 e. The van der Waals surface area contributed by atoms with Gasteiger partial charge in [0.15, 0.2) is 0 Å². The molecule has 0 bridgehead atoms. The lowest BCUT2D eigenvalue weighted by Gasteiger charge is -2.35. The molecule has 28 heavy (non-hydrogen) atoms. The molecule has 1 aliphatic heterocycles. The van der Waals surface area contributed by atoms with Crippen LogP contribution in [-0.2, 0) is 6.42 Å². The zero-order chi connectivity index (χ0) is 19.5. The van der Waals surface area contributed by atoms with Crippen molar-refractivity contribution in [2.45, 2.75) is 19.8 Å². The predicted octanol–water partition coefficient (Wildman–Crippen LogP) is 1.91. The largest absolute Gasteiger partial charge is 0.353 e. The van der Waals surface area contributed by atoms with Crippen LogP contribution in [0.15, 0.2) is 36.7 Å². The molecule has 8 nitrogen and oxygen atoms in total. The molecule has 4 rings (SSSR count). The van der Waals surface area contributed by atoms with Crippen LogP contribution in [0.2, 0.25) is 0 Å². The van der Waals surface area contributed by atoms with E-state index in [2.05, 4.69) is 39.1 Å². The van der Waals surface area contributed by atoms with Crippen LogP contribution in [0.25, 0.3) is 5.78 Å². The summed E-state index contributed by atoms with van der Waals surface area (Å²) < 4.78 is 1.93. The number of nitrogens with zero attached hydrogens (tertiary/aromatic N) is 7. The van der Waals surface area contributed by atoms with Crippen molar-refractivity contribution in [1.82, 2.24) is 24.5 Å². The molecule has 8 heteroatoms. The predicted molar refractivity (Wildman–Crippen MR) is 104 cm³/mol. The Morgan fingerprint density at radius 1 is 1.21 bits per heavy atom. The summed E-state index contributed by atoms with van der Waals surface area (Å²) in [4.78, 5) is 21.4. The fraction of sp³-hybridized carbons (Fsp3) is 0.350. The van der Waals surface area contributed by atoms with E-state index >= 15 is 0 Å². The first-order chi connectivity index (χ1) is 13.7. The van der Waals surface area contributed by atoms with Gasteiger partial charge in [-0.25, -0.2) is 0 Å². The zero-order valence-corrected chi connectivity index (χ0v) is 15.7. The van der Waals surface area contributed by atoms with Gasteiger partial charge in [-0.1, -0.05) is 19.4 Å². The van der Waals surface area contributed by atoms with E-state index in [0.29, 0.717) is 43.1 Å². The van der Waals surface area contributed by atoms with E-state index in [9.17, 15) is 4.79 Å². The molecule has 0 atom stereocenters. The normalized spacial score (nSPS) is 14.3. The Kier molecular flexibility index (Phi) is 4.89. The molecule has 0 unspecified atom stereocenters. The maximum atomic E-state index is 12.8. The van der Waals surface area contributed by atoms with Gasteiger partial charge in [0.25, 0.3) is 11.7 Å². The molecule has 1 fully saturated rings. The Labute approximate surface area is 163 Å². The number of piperazine rings is 1. The Hall–Kier alpha value is -3.47. The Bertz CT molecular complexity index is 1040. The molecule has 1 aliphatic rings. The standard InChI is InChI=1S/C20H21N7O/c1-2-4-17-12-18(23-20-24-22-14-27(17)20)25-7-9-26(10-8-25)19(28)16-6-3-5-15(11-16)13-21/h3,5-6,11-12,14H,2,4,7-10H2,1H3. The minimum absolute atomic E-state index is 0.0377. The Morgan fingerprint density at radius 2 is 2.04 bits per heavy atom. The molecule has 3 aromatic rings. The van der Waals surface area contributed by atoms with Gasteiger partial charge in [0.2, 0.25) is 0 Å². The van der Waals surface area contributed by atoms with Crippen LogP contribution in [0.1, 0.15) is 35.0 Å². The average molecular weight is 375 g/mol. The third-order valence-electron chi connectivity index (χ3n) is 4.99. The number of anilines is 1. The number of amides is 1. The van der Waals surface area contributed by atoms with Crippen molar-refractivity contribution in [1.29, 1.82) is 5.26 Å². The highest BCUT2D eigenvalue weighted by molar-refractivity contribution is 5.94. The average Bonchev–Trinajstić information content (AvgIpc) is 3.22. The van der Waals surface area contributed by atoms with Crippen molar-refractivity contribution in [3.8, 4) is 6.07 Å². The summed E-state index contributed by atoms with van der Waals surface area (Å²) in [6.45, 7) is 4.76. The lowest BCUT2D eigenvalue weighted by atomic mass is 10.1. The van der Waals surface area contributed by atoms with Gasteiger partial charge >= 0.3 is 0 Å². The van der Waals surface area contributed by atoms with Gasteiger partial charge in [0, 0.05) is 43.5 Å². The van der Waals surface area contributed by atoms with E-state index in [0.717, 1.165) is 24.4 Å². The number of aryl methyl sites for hydroxylation is 1. The second-order valence-electron chi connectivity index (χ2n) is 6.83. The molecular formula is C20H21N7O. The van der Waals surface area contributed by atoms with E-state index in [1.807, 2.05) is 9.30 Å². The maximum Gasteiger partial charge on any atom is 0.256 e. The van der Waals surface area contributed by atoms with Gasteiger partial charge in [-0.15, -0.1) is 10.2 Å². The fourth-order valence-electron chi connectivity index (χ4n) is 3.51. The van der Waals surface area contributed by atoms with Gasteiger partial charge in [-0.3, -0.25) is 9.20 Å². The van der Waals surface area contributed by atoms with Crippen molar-refractivity contribution < 1.29 is 4.79 Å². The first kappa shape index (κ1) is 17.9. The van der Waals surface area contributed by atoms with Crippen LogP contribution >= 0.6 is 0 Å². The number of hydrogen-bond donors (Lipinski definition) is 0. The van der Waals surface area contributed by atoms with Gasteiger partial charge in [0.1, 0.15) is 12.1 Å². The summed E-state index contributed by atoms with van der Waals surface area (Å²) in [7, 11) is 0. The van der Waals surface area contributed by atoms with Crippen molar-refractivity contribution >= 4 is 17.5 Å². The summed E-state index contributed by atoms with van der Waals surface area (Å²) in [6.07, 6.45) is 3.65. The maximum absolute atomic E-state index is 12.8.